The van der Waals surface area contributed by atoms with Crippen LogP contribution in [0.5, 0.6) is 5.75 Å². The van der Waals surface area contributed by atoms with E-state index < -0.39 is 27.7 Å². The third kappa shape index (κ3) is 5.45. The van der Waals surface area contributed by atoms with E-state index in [0.29, 0.717) is 5.75 Å². The van der Waals surface area contributed by atoms with Gasteiger partial charge in [-0.2, -0.15) is 0 Å². The maximum Gasteiger partial charge on any atom is 0.320 e. The van der Waals surface area contributed by atoms with Crippen molar-refractivity contribution in [1.82, 2.24) is 5.32 Å². The second-order valence-electron chi connectivity index (χ2n) is 4.21. The zero-order chi connectivity index (χ0) is 15.9. The van der Waals surface area contributed by atoms with E-state index in [9.17, 15) is 13.2 Å². The Morgan fingerprint density at radius 3 is 2.52 bits per heavy atom. The van der Waals surface area contributed by atoms with Gasteiger partial charge >= 0.3 is 5.97 Å². The summed E-state index contributed by atoms with van der Waals surface area (Å²) in [7, 11) is -3.59. The van der Waals surface area contributed by atoms with Gasteiger partial charge in [-0.15, -0.1) is 5.92 Å². The summed E-state index contributed by atoms with van der Waals surface area (Å²) in [5.74, 6) is 4.38. The van der Waals surface area contributed by atoms with Crippen molar-refractivity contribution in [2.45, 2.75) is 24.8 Å². The summed E-state index contributed by atoms with van der Waals surface area (Å²) in [4.78, 5) is 10.7. The Labute approximate surface area is 124 Å². The summed E-state index contributed by atoms with van der Waals surface area (Å²) in [6.07, 6.45) is 0. The highest BCUT2D eigenvalue weighted by molar-refractivity contribution is 7.91. The van der Waals surface area contributed by atoms with Crippen molar-refractivity contribution >= 4 is 15.8 Å². The van der Waals surface area contributed by atoms with Crippen LogP contribution < -0.4 is 10.1 Å². The number of hydrogen-bond donors (Lipinski definition) is 2. The number of benzene rings is 1. The number of rotatable bonds is 7. The first kappa shape index (κ1) is 17.0. The van der Waals surface area contributed by atoms with E-state index in [1.54, 1.807) is 6.92 Å². The minimum atomic E-state index is -3.59. The predicted octanol–water partition coefficient (Wildman–Crippen LogP) is 0.883. The van der Waals surface area contributed by atoms with Crippen molar-refractivity contribution in [2.24, 2.45) is 0 Å². The summed E-state index contributed by atoms with van der Waals surface area (Å²) in [5.41, 5.74) is 0. The quantitative estimate of drug-likeness (QED) is 0.726. The molecule has 1 rings (SSSR count). The molecule has 0 aliphatic carbocycles. The van der Waals surface area contributed by atoms with Gasteiger partial charge in [0.1, 0.15) is 24.3 Å². The molecule has 21 heavy (non-hydrogen) atoms. The van der Waals surface area contributed by atoms with Crippen molar-refractivity contribution < 1.29 is 23.1 Å². The second-order valence-corrected chi connectivity index (χ2v) is 6.20. The lowest BCUT2D eigenvalue weighted by Crippen LogP contribution is -2.37. The van der Waals surface area contributed by atoms with Gasteiger partial charge in [-0.3, -0.25) is 10.1 Å². The third-order valence-corrected chi connectivity index (χ3v) is 4.16. The molecule has 0 amide bonds. The maximum absolute atomic E-state index is 12.0. The third-order valence-electron chi connectivity index (χ3n) is 2.62. The van der Waals surface area contributed by atoms with Crippen molar-refractivity contribution in [3.63, 3.8) is 0 Å². The molecule has 0 saturated heterocycles. The van der Waals surface area contributed by atoms with Crippen LogP contribution >= 0.6 is 0 Å². The SMILES string of the molecule is CC#CCOc1ccc(S(=O)(=O)CNC(C)C(=O)O)cc1. The molecule has 0 heterocycles. The van der Waals surface area contributed by atoms with Gasteiger partial charge in [0, 0.05) is 0 Å². The summed E-state index contributed by atoms with van der Waals surface area (Å²) in [6, 6.07) is 4.96. The molecule has 0 aromatic heterocycles. The summed E-state index contributed by atoms with van der Waals surface area (Å²) < 4.78 is 29.3. The summed E-state index contributed by atoms with van der Waals surface area (Å²) in [5, 5.41) is 11.1. The Morgan fingerprint density at radius 2 is 2.00 bits per heavy atom. The number of aliphatic carboxylic acids is 1. The van der Waals surface area contributed by atoms with Gasteiger partial charge in [0.2, 0.25) is 0 Å². The molecule has 1 unspecified atom stereocenters. The van der Waals surface area contributed by atoms with Gasteiger partial charge in [-0.05, 0) is 38.1 Å². The minimum absolute atomic E-state index is 0.0986. The van der Waals surface area contributed by atoms with Crippen LogP contribution in [0.1, 0.15) is 13.8 Å². The first-order valence-electron chi connectivity index (χ1n) is 6.18. The average Bonchev–Trinajstić information content (AvgIpc) is 2.45. The highest BCUT2D eigenvalue weighted by Crippen LogP contribution is 2.16. The fourth-order valence-electron chi connectivity index (χ4n) is 1.34. The first-order valence-corrected chi connectivity index (χ1v) is 7.83. The van der Waals surface area contributed by atoms with Crippen LogP contribution in [-0.2, 0) is 14.6 Å². The van der Waals surface area contributed by atoms with E-state index in [0.717, 1.165) is 0 Å². The number of ether oxygens (including phenoxy) is 1. The topological polar surface area (TPSA) is 92.7 Å². The largest absolute Gasteiger partial charge is 0.481 e. The maximum atomic E-state index is 12.0. The zero-order valence-corrected chi connectivity index (χ0v) is 12.6. The molecule has 0 bridgehead atoms. The molecular weight excluding hydrogens is 294 g/mol. The Bertz CT molecular complexity index is 640. The molecule has 0 aliphatic rings. The molecular formula is C14H17NO5S. The van der Waals surface area contributed by atoms with Crippen LogP contribution in [0.4, 0.5) is 0 Å². The molecule has 1 atom stereocenters. The number of sulfone groups is 1. The van der Waals surface area contributed by atoms with E-state index in [-0.39, 0.29) is 11.5 Å². The zero-order valence-electron chi connectivity index (χ0n) is 11.8. The number of carboxylic acid groups (broad SMARTS) is 1. The fourth-order valence-corrected chi connectivity index (χ4v) is 2.53. The van der Waals surface area contributed by atoms with Crippen LogP contribution in [0, 0.1) is 11.8 Å². The molecule has 0 spiro atoms. The highest BCUT2D eigenvalue weighted by Gasteiger charge is 2.18. The standard InChI is InChI=1S/C14H17NO5S/c1-3-4-9-20-12-5-7-13(8-6-12)21(18,19)10-15-11(2)14(16)17/h5-8,11,15H,9-10H2,1-2H3,(H,16,17). The smallest absolute Gasteiger partial charge is 0.320 e. The Hall–Kier alpha value is -2.04. The number of nitrogens with one attached hydrogen (secondary N) is 1. The number of hydrogen-bond acceptors (Lipinski definition) is 5. The van der Waals surface area contributed by atoms with Crippen molar-refractivity contribution in [3.8, 4) is 17.6 Å². The van der Waals surface area contributed by atoms with Crippen molar-refractivity contribution in [1.29, 1.82) is 0 Å². The lowest BCUT2D eigenvalue weighted by Gasteiger charge is -2.10. The van der Waals surface area contributed by atoms with E-state index >= 15 is 0 Å². The van der Waals surface area contributed by atoms with Crippen molar-refractivity contribution in [3.05, 3.63) is 24.3 Å². The summed E-state index contributed by atoms with van der Waals surface area (Å²) in [6.45, 7) is 3.31. The minimum Gasteiger partial charge on any atom is -0.481 e. The van der Waals surface area contributed by atoms with Gasteiger partial charge in [0.05, 0.1) is 4.90 Å². The van der Waals surface area contributed by atoms with Crippen LogP contribution in [0.15, 0.2) is 29.2 Å². The molecule has 0 saturated carbocycles. The van der Waals surface area contributed by atoms with Crippen LogP contribution in [0.2, 0.25) is 0 Å². The first-order chi connectivity index (χ1) is 9.86. The van der Waals surface area contributed by atoms with E-state index in [4.69, 9.17) is 9.84 Å². The van der Waals surface area contributed by atoms with Crippen LogP contribution in [0.25, 0.3) is 0 Å². The molecule has 6 nitrogen and oxygen atoms in total. The Kier molecular flexibility index (Phi) is 6.21. The normalized spacial score (nSPS) is 12.1. The number of carbonyl (C=O) groups is 1. The average molecular weight is 311 g/mol. The Morgan fingerprint density at radius 1 is 1.38 bits per heavy atom. The molecule has 114 valence electrons. The monoisotopic (exact) mass is 311 g/mol. The highest BCUT2D eigenvalue weighted by atomic mass is 32.2. The molecule has 0 radical (unpaired) electrons. The lowest BCUT2D eigenvalue weighted by atomic mass is 10.3. The fraction of sp³-hybridized carbons (Fsp3) is 0.357. The summed E-state index contributed by atoms with van der Waals surface area (Å²) >= 11 is 0. The second kappa shape index (κ2) is 7.67. The van der Waals surface area contributed by atoms with Gasteiger partial charge in [-0.1, -0.05) is 5.92 Å². The van der Waals surface area contributed by atoms with E-state index in [1.165, 1.54) is 31.2 Å². The molecule has 7 heteroatoms. The van der Waals surface area contributed by atoms with Crippen LogP contribution in [-0.4, -0.2) is 38.0 Å². The molecule has 0 aliphatic heterocycles. The van der Waals surface area contributed by atoms with Gasteiger partial charge < -0.3 is 9.84 Å². The molecule has 0 fully saturated rings. The van der Waals surface area contributed by atoms with Gasteiger partial charge in [-0.25, -0.2) is 8.42 Å². The number of carboxylic acids is 1. The van der Waals surface area contributed by atoms with E-state index in [1.807, 2.05) is 0 Å². The Balaban J connectivity index is 2.70. The van der Waals surface area contributed by atoms with Crippen molar-refractivity contribution in [2.75, 3.05) is 12.5 Å². The predicted molar refractivity (Wildman–Crippen MR) is 77.7 cm³/mol. The van der Waals surface area contributed by atoms with Crippen LogP contribution in [0.3, 0.4) is 0 Å². The van der Waals surface area contributed by atoms with Gasteiger partial charge in [0.25, 0.3) is 0 Å². The van der Waals surface area contributed by atoms with Gasteiger partial charge in [0.15, 0.2) is 9.84 Å². The molecule has 1 aromatic rings. The molecule has 2 N–H and O–H groups in total. The molecule has 1 aromatic carbocycles. The lowest BCUT2D eigenvalue weighted by molar-refractivity contribution is -0.138. The van der Waals surface area contributed by atoms with E-state index in [2.05, 4.69) is 17.2 Å².